The predicted octanol–water partition coefficient (Wildman–Crippen LogP) is 7.73. The molecule has 0 unspecified atom stereocenters. The first-order chi connectivity index (χ1) is 17.8. The number of benzene rings is 1. The van der Waals surface area contributed by atoms with E-state index in [0.29, 0.717) is 31.6 Å². The molecule has 1 aliphatic rings. The molecule has 38 heavy (non-hydrogen) atoms. The Labute approximate surface area is 226 Å². The van der Waals surface area contributed by atoms with Crippen LogP contribution < -0.4 is 0 Å². The number of hydrogen-bond acceptors (Lipinski definition) is 4. The predicted molar refractivity (Wildman–Crippen MR) is 149 cm³/mol. The largest absolute Gasteiger partial charge is 0.437 e. The number of alkyl halides is 2. The molecule has 5 nitrogen and oxygen atoms in total. The summed E-state index contributed by atoms with van der Waals surface area (Å²) in [5.74, 6) is -3.45. The molecule has 1 amide bonds. The lowest BCUT2D eigenvalue weighted by Crippen LogP contribution is -2.59. The summed E-state index contributed by atoms with van der Waals surface area (Å²) in [6, 6.07) is 6.27. The highest BCUT2D eigenvalue weighted by molar-refractivity contribution is 6.13. The summed E-state index contributed by atoms with van der Waals surface area (Å²) in [5.41, 5.74) is 2.03. The number of rotatable bonds is 9. The van der Waals surface area contributed by atoms with Crippen LogP contribution in [0, 0.1) is 5.82 Å². The van der Waals surface area contributed by atoms with Crippen LogP contribution in [0.1, 0.15) is 80.7 Å². The second-order valence-electron chi connectivity index (χ2n) is 10.4. The summed E-state index contributed by atoms with van der Waals surface area (Å²) < 4.78 is 49.1. The van der Waals surface area contributed by atoms with Gasteiger partial charge in [-0.15, -0.1) is 0 Å². The highest BCUT2D eigenvalue weighted by atomic mass is 19.3. The standard InChI is InChI=1S/C30H44F3N3O2/c1-10-23(24-16-14-15-17-25(24)31)27(26(11-2)34-13-4)22(7)35-18-21(6)36(19-20(35)5)28(37)38-29(8,9)30(32,33)12-3/h10,14-17,20-21H,11-13,18-19H2,1-9H3/b23-10-,27-22+,34-26?/t20-,21+/m0/s1. The van der Waals surface area contributed by atoms with Crippen molar-refractivity contribution in [2.75, 3.05) is 19.6 Å². The van der Waals surface area contributed by atoms with E-state index in [2.05, 4.69) is 4.90 Å². The van der Waals surface area contributed by atoms with Gasteiger partial charge in [0.25, 0.3) is 5.92 Å². The highest BCUT2D eigenvalue weighted by Gasteiger charge is 2.49. The van der Waals surface area contributed by atoms with Crippen LogP contribution in [-0.4, -0.2) is 64.8 Å². The first kappa shape index (κ1) is 31.4. The van der Waals surface area contributed by atoms with Crippen molar-refractivity contribution >= 4 is 17.4 Å². The van der Waals surface area contributed by atoms with Gasteiger partial charge in [0, 0.05) is 60.7 Å². The maximum atomic E-state index is 14.9. The second kappa shape index (κ2) is 12.9. The first-order valence-electron chi connectivity index (χ1n) is 13.6. The van der Waals surface area contributed by atoms with Crippen LogP contribution in [0.3, 0.4) is 0 Å². The van der Waals surface area contributed by atoms with E-state index in [1.807, 2.05) is 53.7 Å². The molecule has 0 radical (unpaired) electrons. The van der Waals surface area contributed by atoms with Crippen LogP contribution in [-0.2, 0) is 4.74 Å². The number of piperazine rings is 1. The molecular formula is C30H44F3N3O2. The molecule has 1 fully saturated rings. The zero-order chi connectivity index (χ0) is 28.8. The lowest BCUT2D eigenvalue weighted by molar-refractivity contribution is -0.170. The van der Waals surface area contributed by atoms with E-state index in [9.17, 15) is 18.0 Å². The van der Waals surface area contributed by atoms with Crippen LogP contribution in [0.5, 0.6) is 0 Å². The van der Waals surface area contributed by atoms with Gasteiger partial charge >= 0.3 is 6.09 Å². The molecule has 1 aromatic rings. The van der Waals surface area contributed by atoms with Crippen LogP contribution in [0.2, 0.25) is 0 Å². The number of aliphatic imine (C=N–C) groups is 1. The highest BCUT2D eigenvalue weighted by Crippen LogP contribution is 2.36. The third-order valence-electron chi connectivity index (χ3n) is 7.37. The Morgan fingerprint density at radius 1 is 1.11 bits per heavy atom. The minimum absolute atomic E-state index is 0.137. The molecule has 0 N–H and O–H groups in total. The minimum Gasteiger partial charge on any atom is -0.437 e. The molecule has 2 rings (SSSR count). The van der Waals surface area contributed by atoms with Gasteiger partial charge in [-0.25, -0.2) is 18.0 Å². The second-order valence-corrected chi connectivity index (χ2v) is 10.4. The van der Waals surface area contributed by atoms with Crippen molar-refractivity contribution in [3.05, 3.63) is 53.0 Å². The number of allylic oxidation sites excluding steroid dienone is 4. The lowest BCUT2D eigenvalue weighted by Gasteiger charge is -2.46. The SMILES string of the molecule is C/C=C(\C(C(CC)=NCC)=C(\C)N1C[C@@H](C)N(C(=O)OC(C)(C)C(F)(F)CC)C[C@@H]1C)c1ccccc1F. The smallest absolute Gasteiger partial charge is 0.410 e. The molecule has 2 atom stereocenters. The molecule has 0 aliphatic carbocycles. The summed E-state index contributed by atoms with van der Waals surface area (Å²) in [6.07, 6.45) is 1.42. The third kappa shape index (κ3) is 6.62. The molecule has 1 saturated heterocycles. The van der Waals surface area contributed by atoms with Gasteiger partial charge in [0.1, 0.15) is 5.82 Å². The monoisotopic (exact) mass is 535 g/mol. The molecule has 1 aliphatic heterocycles. The van der Waals surface area contributed by atoms with Gasteiger partial charge < -0.3 is 14.5 Å². The number of ether oxygens (including phenoxy) is 1. The quantitative estimate of drug-likeness (QED) is 0.240. The Kier molecular flexibility index (Phi) is 10.6. The van der Waals surface area contributed by atoms with Crippen LogP contribution >= 0.6 is 0 Å². The minimum atomic E-state index is -3.14. The fourth-order valence-electron chi connectivity index (χ4n) is 5.00. The zero-order valence-corrected chi connectivity index (χ0v) is 24.4. The van der Waals surface area contributed by atoms with Gasteiger partial charge in [-0.1, -0.05) is 38.1 Å². The fourth-order valence-corrected chi connectivity index (χ4v) is 5.00. The van der Waals surface area contributed by atoms with Gasteiger partial charge in [0.2, 0.25) is 0 Å². The van der Waals surface area contributed by atoms with Crippen molar-refractivity contribution in [2.24, 2.45) is 4.99 Å². The van der Waals surface area contributed by atoms with Gasteiger partial charge in [0.15, 0.2) is 5.60 Å². The molecule has 0 aromatic heterocycles. The summed E-state index contributed by atoms with van der Waals surface area (Å²) >= 11 is 0. The summed E-state index contributed by atoms with van der Waals surface area (Å²) in [6.45, 7) is 17.0. The third-order valence-corrected chi connectivity index (χ3v) is 7.37. The maximum Gasteiger partial charge on any atom is 0.410 e. The molecule has 1 aromatic carbocycles. The molecular weight excluding hydrogens is 491 g/mol. The fraction of sp³-hybridized carbons (Fsp3) is 0.600. The Morgan fingerprint density at radius 3 is 2.21 bits per heavy atom. The van der Waals surface area contributed by atoms with Crippen molar-refractivity contribution in [1.82, 2.24) is 9.80 Å². The Hall–Kier alpha value is -2.77. The van der Waals surface area contributed by atoms with E-state index in [1.165, 1.54) is 31.7 Å². The average molecular weight is 536 g/mol. The number of amides is 1. The van der Waals surface area contributed by atoms with E-state index in [4.69, 9.17) is 9.73 Å². The van der Waals surface area contributed by atoms with Gasteiger partial charge in [-0.05, 0) is 66.5 Å². The Bertz CT molecular complexity index is 1080. The zero-order valence-electron chi connectivity index (χ0n) is 24.4. The molecule has 0 saturated carbocycles. The number of carbonyl (C=O) groups is 1. The Balaban J connectivity index is 2.48. The van der Waals surface area contributed by atoms with Gasteiger partial charge in [-0.2, -0.15) is 0 Å². The van der Waals surface area contributed by atoms with Crippen LogP contribution in [0.25, 0.3) is 5.57 Å². The number of hydrogen-bond donors (Lipinski definition) is 0. The Morgan fingerprint density at radius 2 is 1.68 bits per heavy atom. The summed E-state index contributed by atoms with van der Waals surface area (Å²) in [5, 5.41) is 0. The molecule has 1 heterocycles. The average Bonchev–Trinajstić information content (AvgIpc) is 2.87. The van der Waals surface area contributed by atoms with Crippen molar-refractivity contribution in [2.45, 2.75) is 98.8 Å². The first-order valence-corrected chi connectivity index (χ1v) is 13.6. The molecule has 0 bridgehead atoms. The van der Waals surface area contributed by atoms with E-state index in [-0.39, 0.29) is 17.9 Å². The number of carbonyl (C=O) groups excluding carboxylic acids is 1. The van der Waals surface area contributed by atoms with Crippen LogP contribution in [0.4, 0.5) is 18.0 Å². The lowest BCUT2D eigenvalue weighted by atomic mass is 9.90. The van der Waals surface area contributed by atoms with Gasteiger partial charge in [-0.3, -0.25) is 4.99 Å². The van der Waals surface area contributed by atoms with Crippen LogP contribution in [0.15, 0.2) is 46.6 Å². The van der Waals surface area contributed by atoms with Crippen molar-refractivity contribution < 1.29 is 22.7 Å². The topological polar surface area (TPSA) is 45.1 Å². The summed E-state index contributed by atoms with van der Waals surface area (Å²) in [7, 11) is 0. The molecule has 212 valence electrons. The van der Waals surface area contributed by atoms with Crippen molar-refractivity contribution in [3.63, 3.8) is 0 Å². The maximum absolute atomic E-state index is 14.9. The van der Waals surface area contributed by atoms with Crippen molar-refractivity contribution in [3.8, 4) is 0 Å². The number of nitrogens with zero attached hydrogens (tertiary/aromatic N) is 3. The normalized spacial score (nSPS) is 20.4. The van der Waals surface area contributed by atoms with Crippen molar-refractivity contribution in [1.29, 1.82) is 0 Å². The number of halogens is 3. The van der Waals surface area contributed by atoms with E-state index < -0.39 is 24.0 Å². The van der Waals surface area contributed by atoms with E-state index in [1.54, 1.807) is 12.1 Å². The van der Waals surface area contributed by atoms with Gasteiger partial charge in [0.05, 0.1) is 0 Å². The molecule has 8 heteroatoms. The molecule has 0 spiro atoms. The van der Waals surface area contributed by atoms with E-state index in [0.717, 1.165) is 22.6 Å². The summed E-state index contributed by atoms with van der Waals surface area (Å²) in [4.78, 5) is 21.5. The van der Waals surface area contributed by atoms with E-state index >= 15 is 0 Å².